The van der Waals surface area contributed by atoms with Gasteiger partial charge in [-0.2, -0.15) is 0 Å². The average Bonchev–Trinajstić information content (AvgIpc) is 3.12. The van der Waals surface area contributed by atoms with Gasteiger partial charge in [0.1, 0.15) is 12.3 Å². The summed E-state index contributed by atoms with van der Waals surface area (Å²) in [5.41, 5.74) is 0.370. The molecule has 0 saturated carbocycles. The second-order valence-electron chi connectivity index (χ2n) is 7.94. The molecular weight excluding hydrogens is 479 g/mol. The van der Waals surface area contributed by atoms with Crippen molar-refractivity contribution in [1.82, 2.24) is 19.7 Å². The largest absolute Gasteiger partial charge is 0.573 e. The van der Waals surface area contributed by atoms with E-state index in [2.05, 4.69) is 19.9 Å². The Morgan fingerprint density at radius 1 is 1.26 bits per heavy atom. The van der Waals surface area contributed by atoms with Crippen molar-refractivity contribution in [2.45, 2.75) is 25.2 Å². The first-order valence-electron chi connectivity index (χ1n) is 10.3. The summed E-state index contributed by atoms with van der Waals surface area (Å²) in [6.07, 6.45) is -4.78. The number of anilines is 1. The van der Waals surface area contributed by atoms with Crippen LogP contribution in [0.1, 0.15) is 12.8 Å². The first-order valence-corrected chi connectivity index (χ1v) is 11.1. The first-order chi connectivity index (χ1) is 15.9. The molecule has 0 spiro atoms. The summed E-state index contributed by atoms with van der Waals surface area (Å²) >= 11 is 0.951. The number of aromatic nitrogens is 1. The van der Waals surface area contributed by atoms with Crippen LogP contribution in [-0.4, -0.2) is 95.4 Å². The summed E-state index contributed by atoms with van der Waals surface area (Å²) in [6.45, 7) is 0.744. The number of hydrogen-bond acceptors (Lipinski definition) is 7. The summed E-state index contributed by atoms with van der Waals surface area (Å²) in [6, 6.07) is 3.34. The SMILES string of the molecule is CN1CCC(N(CC(=O)N(C)CC(=O)Nc2nc3ccc(OC(F)(F)F)cc3s2)C(=O)O)CC1. The fourth-order valence-electron chi connectivity index (χ4n) is 3.54. The van der Waals surface area contributed by atoms with Crippen LogP contribution < -0.4 is 10.1 Å². The van der Waals surface area contributed by atoms with E-state index in [9.17, 15) is 32.7 Å². The van der Waals surface area contributed by atoms with Gasteiger partial charge in [-0.25, -0.2) is 9.78 Å². The van der Waals surface area contributed by atoms with Crippen molar-refractivity contribution in [3.8, 4) is 5.75 Å². The number of piperidine rings is 1. The van der Waals surface area contributed by atoms with Gasteiger partial charge < -0.3 is 25.0 Å². The Labute approximate surface area is 196 Å². The van der Waals surface area contributed by atoms with Gasteiger partial charge in [0.15, 0.2) is 5.13 Å². The van der Waals surface area contributed by atoms with E-state index in [-0.39, 0.29) is 24.3 Å². The minimum atomic E-state index is -4.82. The number of ether oxygens (including phenoxy) is 1. The highest BCUT2D eigenvalue weighted by molar-refractivity contribution is 7.22. The predicted molar refractivity (Wildman–Crippen MR) is 118 cm³/mol. The fraction of sp³-hybridized carbons (Fsp3) is 0.500. The van der Waals surface area contributed by atoms with Gasteiger partial charge in [0, 0.05) is 19.2 Å². The minimum absolute atomic E-state index is 0.142. The minimum Gasteiger partial charge on any atom is -0.465 e. The molecule has 0 radical (unpaired) electrons. The average molecular weight is 504 g/mol. The molecule has 2 heterocycles. The van der Waals surface area contributed by atoms with Crippen LogP contribution in [0.4, 0.5) is 23.1 Å². The van der Waals surface area contributed by atoms with Crippen molar-refractivity contribution in [3.63, 3.8) is 0 Å². The number of hydrogen-bond donors (Lipinski definition) is 2. The molecule has 1 aromatic heterocycles. The molecule has 186 valence electrons. The summed E-state index contributed by atoms with van der Waals surface area (Å²) in [5, 5.41) is 12.2. The summed E-state index contributed by atoms with van der Waals surface area (Å²) in [5.74, 6) is -1.52. The molecule has 1 aliphatic rings. The number of carboxylic acid groups (broad SMARTS) is 1. The molecule has 0 unspecified atom stereocenters. The fourth-order valence-corrected chi connectivity index (χ4v) is 4.45. The third kappa shape index (κ3) is 6.93. The number of nitrogens with zero attached hydrogens (tertiary/aromatic N) is 4. The highest BCUT2D eigenvalue weighted by Gasteiger charge is 2.31. The molecule has 14 heteroatoms. The smallest absolute Gasteiger partial charge is 0.465 e. The van der Waals surface area contributed by atoms with Crippen LogP contribution in [0.5, 0.6) is 5.75 Å². The van der Waals surface area contributed by atoms with E-state index in [1.54, 1.807) is 0 Å². The lowest BCUT2D eigenvalue weighted by molar-refractivity contribution is -0.274. The maximum Gasteiger partial charge on any atom is 0.573 e. The number of alkyl halides is 3. The Morgan fingerprint density at radius 3 is 2.56 bits per heavy atom. The van der Waals surface area contributed by atoms with E-state index < -0.39 is 30.0 Å². The van der Waals surface area contributed by atoms with E-state index in [0.29, 0.717) is 23.1 Å². The number of carbonyl (C=O) groups is 3. The molecular formula is C20H24F3N5O5S. The Kier molecular flexibility index (Phi) is 7.82. The monoisotopic (exact) mass is 503 g/mol. The van der Waals surface area contributed by atoms with Crippen LogP contribution in [-0.2, 0) is 9.59 Å². The van der Waals surface area contributed by atoms with E-state index >= 15 is 0 Å². The molecule has 2 N–H and O–H groups in total. The zero-order chi connectivity index (χ0) is 25.0. The van der Waals surface area contributed by atoms with Gasteiger partial charge in [0.2, 0.25) is 11.8 Å². The number of thiazole rings is 1. The van der Waals surface area contributed by atoms with Crippen molar-refractivity contribution in [2.75, 3.05) is 45.6 Å². The number of fused-ring (bicyclic) bond motifs is 1. The zero-order valence-corrected chi connectivity index (χ0v) is 19.3. The third-order valence-corrected chi connectivity index (χ3v) is 6.26. The van der Waals surface area contributed by atoms with Gasteiger partial charge in [-0.15, -0.1) is 13.2 Å². The van der Waals surface area contributed by atoms with Gasteiger partial charge in [0.25, 0.3) is 0 Å². The van der Waals surface area contributed by atoms with Gasteiger partial charge in [0.05, 0.1) is 16.8 Å². The van der Waals surface area contributed by atoms with Crippen molar-refractivity contribution in [3.05, 3.63) is 18.2 Å². The summed E-state index contributed by atoms with van der Waals surface area (Å²) in [7, 11) is 3.33. The van der Waals surface area contributed by atoms with Crippen LogP contribution >= 0.6 is 11.3 Å². The van der Waals surface area contributed by atoms with Gasteiger partial charge in [-0.3, -0.25) is 14.5 Å². The Bertz CT molecular complexity index is 1050. The molecule has 0 atom stereocenters. The van der Waals surface area contributed by atoms with Gasteiger partial charge in [-0.1, -0.05) is 11.3 Å². The van der Waals surface area contributed by atoms with Crippen molar-refractivity contribution >= 4 is 44.6 Å². The number of benzene rings is 1. The lowest BCUT2D eigenvalue weighted by Crippen LogP contribution is -2.50. The quantitative estimate of drug-likeness (QED) is 0.597. The van der Waals surface area contributed by atoms with Crippen LogP contribution in [0, 0.1) is 0 Å². The van der Waals surface area contributed by atoms with Gasteiger partial charge >= 0.3 is 12.5 Å². The normalized spacial score (nSPS) is 15.2. The number of rotatable bonds is 7. The zero-order valence-electron chi connectivity index (χ0n) is 18.5. The maximum atomic E-state index is 12.6. The molecule has 10 nitrogen and oxygen atoms in total. The lowest BCUT2D eigenvalue weighted by atomic mass is 10.0. The third-order valence-electron chi connectivity index (χ3n) is 5.33. The van der Waals surface area contributed by atoms with Crippen molar-refractivity contribution in [1.29, 1.82) is 0 Å². The summed E-state index contributed by atoms with van der Waals surface area (Å²) in [4.78, 5) is 45.0. The van der Waals surface area contributed by atoms with E-state index in [4.69, 9.17) is 0 Å². The van der Waals surface area contributed by atoms with Crippen molar-refractivity contribution < 1.29 is 37.4 Å². The molecule has 0 aliphatic carbocycles. The molecule has 1 aromatic carbocycles. The van der Waals surface area contributed by atoms with E-state index in [1.165, 1.54) is 13.1 Å². The molecule has 1 aliphatic heterocycles. The number of likely N-dealkylation sites (tertiary alicyclic amines) is 1. The maximum absolute atomic E-state index is 12.6. The van der Waals surface area contributed by atoms with Crippen LogP contribution in [0.2, 0.25) is 0 Å². The molecule has 34 heavy (non-hydrogen) atoms. The van der Waals surface area contributed by atoms with E-state index in [1.807, 2.05) is 7.05 Å². The lowest BCUT2D eigenvalue weighted by Gasteiger charge is -2.35. The number of likely N-dealkylation sites (N-methyl/N-ethyl adjacent to an activating group) is 1. The van der Waals surface area contributed by atoms with Gasteiger partial charge in [-0.05, 0) is 45.1 Å². The molecule has 0 bridgehead atoms. The first kappa shape index (κ1) is 25.5. The molecule has 3 amide bonds. The second kappa shape index (κ2) is 10.4. The van der Waals surface area contributed by atoms with E-state index in [0.717, 1.165) is 46.4 Å². The number of nitrogens with one attached hydrogen (secondary N) is 1. The Morgan fingerprint density at radius 2 is 1.94 bits per heavy atom. The molecule has 1 saturated heterocycles. The highest BCUT2D eigenvalue weighted by Crippen LogP contribution is 2.31. The number of halogens is 3. The Balaban J connectivity index is 1.56. The second-order valence-corrected chi connectivity index (χ2v) is 8.97. The standard InChI is InChI=1S/C20H24F3N5O5S/c1-26-7-5-12(6-8-26)28(19(31)32)11-17(30)27(2)10-16(29)25-18-24-14-4-3-13(9-15(14)34-18)33-20(21,22)23/h3-4,9,12H,5-8,10-11H2,1-2H3,(H,31,32)(H,24,25,29). The van der Waals surface area contributed by atoms with Crippen LogP contribution in [0.15, 0.2) is 18.2 Å². The number of amides is 3. The highest BCUT2D eigenvalue weighted by atomic mass is 32.1. The predicted octanol–water partition coefficient (Wildman–Crippen LogP) is 2.67. The topological polar surface area (TPSA) is 115 Å². The molecule has 3 rings (SSSR count). The summed E-state index contributed by atoms with van der Waals surface area (Å²) < 4.78 is 41.4. The van der Waals surface area contributed by atoms with Crippen molar-refractivity contribution in [2.24, 2.45) is 0 Å². The number of carbonyl (C=O) groups excluding carboxylic acids is 2. The van der Waals surface area contributed by atoms with Crippen LogP contribution in [0.25, 0.3) is 10.2 Å². The van der Waals surface area contributed by atoms with Crippen LogP contribution in [0.3, 0.4) is 0 Å². The Hall–Kier alpha value is -3.13. The molecule has 2 aromatic rings. The molecule has 1 fully saturated rings.